The standard InChI is InChI=1S/C18H28N4O2/c1-13-10-15(20-18(23)21-9-7-16(12-21)24-3)11-19-17(13)22-8-5-4-6-14(22)2/h10-11,14,16H,4-9,12H2,1-3H3,(H,20,23)/t14?,16-/m0/s1. The number of carbonyl (C=O) groups is 1. The molecule has 1 unspecified atom stereocenters. The zero-order valence-electron chi connectivity index (χ0n) is 14.9. The van der Waals surface area contributed by atoms with Gasteiger partial charge in [0.15, 0.2) is 0 Å². The van der Waals surface area contributed by atoms with Crippen LogP contribution in [-0.4, -0.2) is 54.8 Å². The topological polar surface area (TPSA) is 57.7 Å². The van der Waals surface area contributed by atoms with Gasteiger partial charge in [0.2, 0.25) is 0 Å². The van der Waals surface area contributed by atoms with Crippen molar-refractivity contribution in [2.75, 3.05) is 37.0 Å². The summed E-state index contributed by atoms with van der Waals surface area (Å²) in [5.41, 5.74) is 1.87. The predicted molar refractivity (Wildman–Crippen MR) is 95.6 cm³/mol. The number of hydrogen-bond donors (Lipinski definition) is 1. The number of carbonyl (C=O) groups excluding carboxylic acids is 1. The lowest BCUT2D eigenvalue weighted by Gasteiger charge is -2.35. The molecule has 3 heterocycles. The van der Waals surface area contributed by atoms with Crippen molar-refractivity contribution in [3.05, 3.63) is 17.8 Å². The van der Waals surface area contributed by atoms with Gasteiger partial charge < -0.3 is 19.9 Å². The lowest BCUT2D eigenvalue weighted by atomic mass is 10.0. The van der Waals surface area contributed by atoms with E-state index in [2.05, 4.69) is 29.0 Å². The Balaban J connectivity index is 1.65. The highest BCUT2D eigenvalue weighted by molar-refractivity contribution is 5.89. The van der Waals surface area contributed by atoms with Gasteiger partial charge in [0.1, 0.15) is 5.82 Å². The van der Waals surface area contributed by atoms with Gasteiger partial charge in [-0.2, -0.15) is 0 Å². The third kappa shape index (κ3) is 3.64. The van der Waals surface area contributed by atoms with Crippen LogP contribution < -0.4 is 10.2 Å². The molecule has 2 saturated heterocycles. The van der Waals surface area contributed by atoms with Crippen LogP contribution in [0.1, 0.15) is 38.2 Å². The van der Waals surface area contributed by atoms with Gasteiger partial charge in [-0.1, -0.05) is 0 Å². The summed E-state index contributed by atoms with van der Waals surface area (Å²) in [6.45, 7) is 6.77. The third-order valence-electron chi connectivity index (χ3n) is 5.14. The van der Waals surface area contributed by atoms with Crippen LogP contribution in [0, 0.1) is 6.92 Å². The van der Waals surface area contributed by atoms with Crippen molar-refractivity contribution < 1.29 is 9.53 Å². The molecule has 0 aromatic carbocycles. The molecule has 1 aromatic rings. The first-order valence-corrected chi connectivity index (χ1v) is 8.90. The average Bonchev–Trinajstić information content (AvgIpc) is 3.05. The number of aryl methyl sites for hydroxylation is 1. The number of anilines is 2. The maximum atomic E-state index is 12.3. The average molecular weight is 332 g/mol. The number of hydrogen-bond acceptors (Lipinski definition) is 4. The first-order chi connectivity index (χ1) is 11.6. The van der Waals surface area contributed by atoms with Crippen molar-refractivity contribution in [3.63, 3.8) is 0 Å². The van der Waals surface area contributed by atoms with Crippen LogP contribution in [0.15, 0.2) is 12.3 Å². The summed E-state index contributed by atoms with van der Waals surface area (Å²) in [5, 5.41) is 2.96. The van der Waals surface area contributed by atoms with Gasteiger partial charge in [-0.15, -0.1) is 0 Å². The lowest BCUT2D eigenvalue weighted by molar-refractivity contribution is 0.111. The summed E-state index contributed by atoms with van der Waals surface area (Å²) in [5.74, 6) is 1.04. The fraction of sp³-hybridized carbons (Fsp3) is 0.667. The molecule has 132 valence electrons. The lowest BCUT2D eigenvalue weighted by Crippen LogP contribution is -2.38. The fourth-order valence-corrected chi connectivity index (χ4v) is 3.66. The van der Waals surface area contributed by atoms with Crippen LogP contribution in [0.5, 0.6) is 0 Å². The smallest absolute Gasteiger partial charge is 0.321 e. The van der Waals surface area contributed by atoms with Gasteiger partial charge >= 0.3 is 6.03 Å². The Morgan fingerprint density at radius 1 is 1.33 bits per heavy atom. The fourth-order valence-electron chi connectivity index (χ4n) is 3.66. The quantitative estimate of drug-likeness (QED) is 0.924. The summed E-state index contributed by atoms with van der Waals surface area (Å²) in [6, 6.07) is 2.47. The number of nitrogens with zero attached hydrogens (tertiary/aromatic N) is 3. The number of aromatic nitrogens is 1. The van der Waals surface area contributed by atoms with Gasteiger partial charge in [-0.25, -0.2) is 9.78 Å². The van der Waals surface area contributed by atoms with Gasteiger partial charge in [-0.3, -0.25) is 0 Å². The third-order valence-corrected chi connectivity index (χ3v) is 5.14. The van der Waals surface area contributed by atoms with Crippen LogP contribution >= 0.6 is 0 Å². The monoisotopic (exact) mass is 332 g/mol. The highest BCUT2D eigenvalue weighted by atomic mass is 16.5. The SMILES string of the molecule is CO[C@H]1CCN(C(=O)Nc2cnc(N3CCCCC3C)c(C)c2)C1. The number of methoxy groups -OCH3 is 1. The van der Waals surface area contributed by atoms with Gasteiger partial charge in [-0.05, 0) is 51.2 Å². The van der Waals surface area contributed by atoms with E-state index in [9.17, 15) is 4.79 Å². The Morgan fingerprint density at radius 2 is 2.17 bits per heavy atom. The second kappa shape index (κ2) is 7.38. The molecule has 2 aliphatic rings. The second-order valence-electron chi connectivity index (χ2n) is 6.93. The van der Waals surface area contributed by atoms with E-state index >= 15 is 0 Å². The molecular weight excluding hydrogens is 304 g/mol. The molecule has 1 N–H and O–H groups in total. The molecule has 3 rings (SSSR count). The number of rotatable bonds is 3. The molecule has 0 aliphatic carbocycles. The molecule has 6 nitrogen and oxygen atoms in total. The summed E-state index contributed by atoms with van der Waals surface area (Å²) in [7, 11) is 1.69. The molecule has 2 fully saturated rings. The van der Waals surface area contributed by atoms with E-state index in [-0.39, 0.29) is 12.1 Å². The summed E-state index contributed by atoms with van der Waals surface area (Å²) >= 11 is 0. The van der Waals surface area contributed by atoms with Crippen molar-refractivity contribution in [1.29, 1.82) is 0 Å². The minimum absolute atomic E-state index is 0.0742. The number of amides is 2. The normalized spacial score (nSPS) is 24.3. The van der Waals surface area contributed by atoms with Crippen molar-refractivity contribution in [3.8, 4) is 0 Å². The molecule has 2 atom stereocenters. The van der Waals surface area contributed by atoms with E-state index in [1.165, 1.54) is 19.3 Å². The maximum absolute atomic E-state index is 12.3. The largest absolute Gasteiger partial charge is 0.380 e. The summed E-state index contributed by atoms with van der Waals surface area (Å²) in [4.78, 5) is 21.2. The van der Waals surface area contributed by atoms with E-state index in [4.69, 9.17) is 4.74 Å². The van der Waals surface area contributed by atoms with E-state index in [1.54, 1.807) is 18.2 Å². The zero-order valence-corrected chi connectivity index (χ0v) is 14.9. The van der Waals surface area contributed by atoms with Crippen LogP contribution in [0.2, 0.25) is 0 Å². The molecule has 2 aliphatic heterocycles. The van der Waals surface area contributed by atoms with E-state index in [0.29, 0.717) is 12.6 Å². The molecule has 2 amide bonds. The van der Waals surface area contributed by atoms with Crippen molar-refractivity contribution in [1.82, 2.24) is 9.88 Å². The molecule has 0 spiro atoms. The van der Waals surface area contributed by atoms with Crippen molar-refractivity contribution in [2.24, 2.45) is 0 Å². The number of pyridine rings is 1. The Morgan fingerprint density at radius 3 is 2.83 bits per heavy atom. The van der Waals surface area contributed by atoms with Gasteiger partial charge in [0.25, 0.3) is 0 Å². The van der Waals surface area contributed by atoms with E-state index in [0.717, 1.165) is 36.6 Å². The first kappa shape index (κ1) is 17.0. The van der Waals surface area contributed by atoms with E-state index in [1.807, 2.05) is 6.07 Å². The number of piperidine rings is 1. The second-order valence-corrected chi connectivity index (χ2v) is 6.93. The van der Waals surface area contributed by atoms with Crippen LogP contribution in [0.3, 0.4) is 0 Å². The van der Waals surface area contributed by atoms with E-state index < -0.39 is 0 Å². The Bertz CT molecular complexity index is 592. The molecule has 6 heteroatoms. The van der Waals surface area contributed by atoms with Crippen molar-refractivity contribution >= 4 is 17.5 Å². The minimum Gasteiger partial charge on any atom is -0.380 e. The number of likely N-dealkylation sites (tertiary alicyclic amines) is 1. The van der Waals surface area contributed by atoms with Gasteiger partial charge in [0.05, 0.1) is 18.0 Å². The highest BCUT2D eigenvalue weighted by Gasteiger charge is 2.26. The maximum Gasteiger partial charge on any atom is 0.321 e. The highest BCUT2D eigenvalue weighted by Crippen LogP contribution is 2.27. The zero-order chi connectivity index (χ0) is 17.1. The van der Waals surface area contributed by atoms with Gasteiger partial charge in [0, 0.05) is 32.8 Å². The molecule has 1 aromatic heterocycles. The number of nitrogens with one attached hydrogen (secondary N) is 1. The predicted octanol–water partition coefficient (Wildman–Crippen LogP) is 3.02. The Hall–Kier alpha value is -1.82. The first-order valence-electron chi connectivity index (χ1n) is 8.90. The number of ether oxygens (including phenoxy) is 1. The molecule has 0 radical (unpaired) electrons. The van der Waals surface area contributed by atoms with Crippen LogP contribution in [0.25, 0.3) is 0 Å². The molecule has 0 bridgehead atoms. The molecular formula is C18H28N4O2. The summed E-state index contributed by atoms with van der Waals surface area (Å²) in [6.07, 6.45) is 6.55. The van der Waals surface area contributed by atoms with Crippen LogP contribution in [0.4, 0.5) is 16.3 Å². The Labute approximate surface area is 144 Å². The molecule has 24 heavy (non-hydrogen) atoms. The van der Waals surface area contributed by atoms with Crippen LogP contribution in [-0.2, 0) is 4.74 Å². The van der Waals surface area contributed by atoms with Crippen molar-refractivity contribution in [2.45, 2.75) is 51.7 Å². The minimum atomic E-state index is -0.0742. The summed E-state index contributed by atoms with van der Waals surface area (Å²) < 4.78 is 5.31. The Kier molecular flexibility index (Phi) is 5.23. The molecule has 0 saturated carbocycles. The number of urea groups is 1.